The molecule has 0 aromatic heterocycles. The van der Waals surface area contributed by atoms with E-state index in [0.29, 0.717) is 34.5 Å². The summed E-state index contributed by atoms with van der Waals surface area (Å²) in [5, 5.41) is 3.06. The number of hydrogen-bond donors (Lipinski definition) is 1. The number of hydrogen-bond acceptors (Lipinski definition) is 6. The fourth-order valence-electron chi connectivity index (χ4n) is 3.34. The Morgan fingerprint density at radius 2 is 1.94 bits per heavy atom. The lowest BCUT2D eigenvalue weighted by molar-refractivity contribution is -0.157. The van der Waals surface area contributed by atoms with Crippen molar-refractivity contribution in [2.45, 2.75) is 26.4 Å². The van der Waals surface area contributed by atoms with E-state index in [1.54, 1.807) is 36.4 Å². The molecular formula is C23H25ClN2O6. The number of amides is 2. The number of rotatable bonds is 8. The summed E-state index contributed by atoms with van der Waals surface area (Å²) in [6, 6.07) is 11.9. The predicted octanol–water partition coefficient (Wildman–Crippen LogP) is 3.67. The van der Waals surface area contributed by atoms with Crippen LogP contribution >= 0.6 is 11.6 Å². The molecule has 1 saturated heterocycles. The van der Waals surface area contributed by atoms with Crippen molar-refractivity contribution in [1.82, 2.24) is 0 Å². The van der Waals surface area contributed by atoms with Gasteiger partial charge in [-0.3, -0.25) is 14.4 Å². The van der Waals surface area contributed by atoms with Crippen LogP contribution < -0.4 is 19.7 Å². The monoisotopic (exact) mass is 460 g/mol. The van der Waals surface area contributed by atoms with Crippen LogP contribution in [-0.4, -0.2) is 44.1 Å². The zero-order chi connectivity index (χ0) is 23.3. The second kappa shape index (κ2) is 10.4. The Labute approximate surface area is 191 Å². The molecule has 0 aliphatic carbocycles. The number of halogens is 1. The number of carbonyl (C=O) groups excluding carboxylic acids is 3. The smallest absolute Gasteiger partial charge is 0.312 e. The Kier molecular flexibility index (Phi) is 7.58. The van der Waals surface area contributed by atoms with Crippen LogP contribution in [0.3, 0.4) is 0 Å². The highest BCUT2D eigenvalue weighted by molar-refractivity contribution is 6.31. The molecular weight excluding hydrogens is 436 g/mol. The molecule has 2 amide bonds. The van der Waals surface area contributed by atoms with Gasteiger partial charge in [-0.15, -0.1) is 0 Å². The van der Waals surface area contributed by atoms with Gasteiger partial charge >= 0.3 is 5.97 Å². The molecule has 2 unspecified atom stereocenters. The van der Waals surface area contributed by atoms with Crippen LogP contribution in [0.15, 0.2) is 42.5 Å². The standard InChI is InChI=1S/C23H25ClN2O6/c1-4-31-18-8-6-17(7-9-18)26-13-15(11-21(26)27)23(29)32-14(2)22(28)25-19-12-16(24)5-10-20(19)30-3/h5-10,12,14-15H,4,11,13H2,1-3H3,(H,25,28). The van der Waals surface area contributed by atoms with Gasteiger partial charge in [0.25, 0.3) is 5.91 Å². The Bertz CT molecular complexity index is 994. The van der Waals surface area contributed by atoms with Crippen molar-refractivity contribution in [3.05, 3.63) is 47.5 Å². The Hall–Kier alpha value is -3.26. The number of anilines is 2. The number of esters is 1. The van der Waals surface area contributed by atoms with E-state index in [0.717, 1.165) is 0 Å². The van der Waals surface area contributed by atoms with Gasteiger partial charge in [-0.05, 0) is 56.3 Å². The van der Waals surface area contributed by atoms with Crippen LogP contribution in [0.2, 0.25) is 5.02 Å². The SMILES string of the molecule is CCOc1ccc(N2CC(C(=O)OC(C)C(=O)Nc3cc(Cl)ccc3OC)CC2=O)cc1. The molecule has 32 heavy (non-hydrogen) atoms. The first-order chi connectivity index (χ1) is 15.3. The zero-order valence-electron chi connectivity index (χ0n) is 18.1. The lowest BCUT2D eigenvalue weighted by Crippen LogP contribution is -2.33. The van der Waals surface area contributed by atoms with Crippen molar-refractivity contribution in [3.8, 4) is 11.5 Å². The lowest BCUT2D eigenvalue weighted by atomic mass is 10.1. The quantitative estimate of drug-likeness (QED) is 0.604. The molecule has 0 bridgehead atoms. The normalized spacial score (nSPS) is 16.4. The van der Waals surface area contributed by atoms with Gasteiger partial charge in [-0.2, -0.15) is 0 Å². The third-order valence-corrected chi connectivity index (χ3v) is 5.23. The Morgan fingerprint density at radius 3 is 2.59 bits per heavy atom. The highest BCUT2D eigenvalue weighted by Gasteiger charge is 2.37. The molecule has 2 atom stereocenters. The van der Waals surface area contributed by atoms with Crippen molar-refractivity contribution in [1.29, 1.82) is 0 Å². The zero-order valence-corrected chi connectivity index (χ0v) is 18.8. The number of ether oxygens (including phenoxy) is 3. The third kappa shape index (κ3) is 5.50. The predicted molar refractivity (Wildman–Crippen MR) is 120 cm³/mol. The number of nitrogens with one attached hydrogen (secondary N) is 1. The van der Waals surface area contributed by atoms with Gasteiger partial charge in [0.2, 0.25) is 5.91 Å². The number of benzene rings is 2. The summed E-state index contributed by atoms with van der Waals surface area (Å²) >= 11 is 5.97. The number of nitrogens with zero attached hydrogens (tertiary/aromatic N) is 1. The molecule has 1 N–H and O–H groups in total. The van der Waals surface area contributed by atoms with Crippen molar-refractivity contribution in [3.63, 3.8) is 0 Å². The summed E-state index contributed by atoms with van der Waals surface area (Å²) in [4.78, 5) is 39.1. The molecule has 0 spiro atoms. The maximum atomic E-state index is 12.6. The molecule has 1 fully saturated rings. The largest absolute Gasteiger partial charge is 0.495 e. The summed E-state index contributed by atoms with van der Waals surface area (Å²) in [5.41, 5.74) is 1.04. The molecule has 1 aliphatic heterocycles. The summed E-state index contributed by atoms with van der Waals surface area (Å²) in [5.74, 6) is -0.857. The van der Waals surface area contributed by atoms with Crippen LogP contribution in [0, 0.1) is 5.92 Å². The van der Waals surface area contributed by atoms with Gasteiger partial charge < -0.3 is 24.4 Å². The summed E-state index contributed by atoms with van der Waals surface area (Å²) < 4.78 is 15.9. The maximum Gasteiger partial charge on any atom is 0.312 e. The first-order valence-electron chi connectivity index (χ1n) is 10.2. The van der Waals surface area contributed by atoms with Crippen molar-refractivity contribution in [2.24, 2.45) is 5.92 Å². The first kappa shape index (κ1) is 23.4. The van der Waals surface area contributed by atoms with Crippen LogP contribution in [0.5, 0.6) is 11.5 Å². The van der Waals surface area contributed by atoms with Gasteiger partial charge in [0, 0.05) is 23.7 Å². The average molecular weight is 461 g/mol. The molecule has 0 radical (unpaired) electrons. The van der Waals surface area contributed by atoms with E-state index in [-0.39, 0.29) is 18.9 Å². The third-order valence-electron chi connectivity index (χ3n) is 5.00. The minimum absolute atomic E-state index is 0.0164. The molecule has 1 aliphatic rings. The number of carbonyl (C=O) groups is 3. The minimum atomic E-state index is -1.07. The van der Waals surface area contributed by atoms with E-state index in [9.17, 15) is 14.4 Å². The molecule has 9 heteroatoms. The molecule has 8 nitrogen and oxygen atoms in total. The molecule has 1 heterocycles. The van der Waals surface area contributed by atoms with Gasteiger partial charge in [0.15, 0.2) is 6.10 Å². The van der Waals surface area contributed by atoms with E-state index >= 15 is 0 Å². The van der Waals surface area contributed by atoms with Crippen molar-refractivity contribution in [2.75, 3.05) is 30.5 Å². The van der Waals surface area contributed by atoms with E-state index in [1.807, 2.05) is 6.92 Å². The van der Waals surface area contributed by atoms with Crippen LogP contribution in [0.4, 0.5) is 11.4 Å². The fourth-order valence-corrected chi connectivity index (χ4v) is 3.51. The molecule has 3 rings (SSSR count). The molecule has 2 aromatic carbocycles. The van der Waals surface area contributed by atoms with Crippen LogP contribution in [-0.2, 0) is 19.1 Å². The van der Waals surface area contributed by atoms with Crippen molar-refractivity contribution < 1.29 is 28.6 Å². The molecule has 0 saturated carbocycles. The maximum absolute atomic E-state index is 12.6. The number of methoxy groups -OCH3 is 1. The van der Waals surface area contributed by atoms with E-state index < -0.39 is 23.9 Å². The van der Waals surface area contributed by atoms with E-state index in [4.69, 9.17) is 25.8 Å². The second-order valence-corrected chi connectivity index (χ2v) is 7.68. The molecule has 2 aromatic rings. The summed E-state index contributed by atoms with van der Waals surface area (Å²) in [6.45, 7) is 4.08. The lowest BCUT2D eigenvalue weighted by Gasteiger charge is -2.18. The Balaban J connectivity index is 1.59. The topological polar surface area (TPSA) is 94.2 Å². The van der Waals surface area contributed by atoms with Gasteiger partial charge in [0.1, 0.15) is 11.5 Å². The van der Waals surface area contributed by atoms with Gasteiger partial charge in [-0.25, -0.2) is 0 Å². The highest BCUT2D eigenvalue weighted by atomic mass is 35.5. The van der Waals surface area contributed by atoms with Gasteiger partial charge in [-0.1, -0.05) is 11.6 Å². The van der Waals surface area contributed by atoms with Crippen molar-refractivity contribution >= 4 is 40.8 Å². The van der Waals surface area contributed by atoms with E-state index in [2.05, 4.69) is 5.32 Å². The summed E-state index contributed by atoms with van der Waals surface area (Å²) in [6.07, 6.45) is -1.05. The second-order valence-electron chi connectivity index (χ2n) is 7.25. The molecule has 170 valence electrons. The minimum Gasteiger partial charge on any atom is -0.495 e. The Morgan fingerprint density at radius 1 is 1.22 bits per heavy atom. The highest BCUT2D eigenvalue weighted by Crippen LogP contribution is 2.29. The first-order valence-corrected chi connectivity index (χ1v) is 10.6. The van der Waals surface area contributed by atoms with Crippen LogP contribution in [0.1, 0.15) is 20.3 Å². The average Bonchev–Trinajstić information content (AvgIpc) is 3.16. The fraction of sp³-hybridized carbons (Fsp3) is 0.348. The van der Waals surface area contributed by atoms with Gasteiger partial charge in [0.05, 0.1) is 25.3 Å². The summed E-state index contributed by atoms with van der Waals surface area (Å²) in [7, 11) is 1.47. The van der Waals surface area contributed by atoms with Crippen LogP contribution in [0.25, 0.3) is 0 Å². The van der Waals surface area contributed by atoms with E-state index in [1.165, 1.54) is 25.0 Å².